The van der Waals surface area contributed by atoms with Gasteiger partial charge in [-0.15, -0.1) is 11.8 Å². The van der Waals surface area contributed by atoms with Crippen molar-refractivity contribution in [1.29, 1.82) is 5.26 Å². The van der Waals surface area contributed by atoms with Crippen molar-refractivity contribution >= 4 is 38.7 Å². The molecule has 0 fully saturated rings. The number of benzene rings is 1. The van der Waals surface area contributed by atoms with Crippen LogP contribution in [0.2, 0.25) is 0 Å². The van der Waals surface area contributed by atoms with Crippen LogP contribution in [0.4, 0.5) is 4.39 Å². The van der Waals surface area contributed by atoms with Crippen LogP contribution >= 0.6 is 27.7 Å². The molecule has 1 aromatic rings. The SMILES string of the molecule is CC(C)(C#N)SCC(C)(NS(=O)C(C)(C)C)c1cc(Br)ccc1F. The fourth-order valence-electron chi connectivity index (χ4n) is 1.80. The molecule has 134 valence electrons. The van der Waals surface area contributed by atoms with E-state index >= 15 is 0 Å². The third-order valence-corrected chi connectivity index (χ3v) is 7.16. The Balaban J connectivity index is 3.28. The van der Waals surface area contributed by atoms with Gasteiger partial charge in [0.25, 0.3) is 0 Å². The van der Waals surface area contributed by atoms with Gasteiger partial charge in [0.05, 0.1) is 32.1 Å². The summed E-state index contributed by atoms with van der Waals surface area (Å²) in [5.41, 5.74) is -0.458. The number of nitrogens with one attached hydrogen (secondary N) is 1. The van der Waals surface area contributed by atoms with Crippen LogP contribution in [0.5, 0.6) is 0 Å². The molecule has 2 atom stereocenters. The van der Waals surface area contributed by atoms with Crippen LogP contribution < -0.4 is 4.72 Å². The van der Waals surface area contributed by atoms with Crippen LogP contribution in [0.3, 0.4) is 0 Å². The zero-order chi connectivity index (χ0) is 18.8. The molecule has 24 heavy (non-hydrogen) atoms. The Morgan fingerprint density at radius 1 is 1.29 bits per heavy atom. The Bertz CT molecular complexity index is 668. The Hall–Kier alpha value is -0.420. The standard InChI is InChI=1S/C17H24BrFN2OS2/c1-15(2,3)24(22)21-17(6,11-23-16(4,5)10-20)13-9-12(18)7-8-14(13)19/h7-9,21H,11H2,1-6H3. The molecule has 0 aliphatic carbocycles. The van der Waals surface area contributed by atoms with E-state index in [2.05, 4.69) is 26.7 Å². The highest BCUT2D eigenvalue weighted by atomic mass is 79.9. The van der Waals surface area contributed by atoms with E-state index in [0.29, 0.717) is 11.3 Å². The van der Waals surface area contributed by atoms with E-state index in [4.69, 9.17) is 0 Å². The van der Waals surface area contributed by atoms with Crippen molar-refractivity contribution in [3.05, 3.63) is 34.1 Å². The predicted octanol–water partition coefficient (Wildman–Crippen LogP) is 4.89. The van der Waals surface area contributed by atoms with Crippen molar-refractivity contribution in [2.75, 3.05) is 5.75 Å². The second kappa shape index (κ2) is 7.86. The number of hydrogen-bond acceptors (Lipinski definition) is 3. The van der Waals surface area contributed by atoms with Gasteiger partial charge in [-0.05, 0) is 59.7 Å². The lowest BCUT2D eigenvalue weighted by molar-refractivity contribution is 0.463. The fraction of sp³-hybridized carbons (Fsp3) is 0.588. The molecule has 3 nitrogen and oxygen atoms in total. The Kier molecular flexibility index (Phi) is 7.08. The molecule has 0 bridgehead atoms. The first-order valence-electron chi connectivity index (χ1n) is 7.51. The summed E-state index contributed by atoms with van der Waals surface area (Å²) in [7, 11) is -1.38. The number of rotatable bonds is 6. The van der Waals surface area contributed by atoms with Crippen LogP contribution in [-0.2, 0) is 16.5 Å². The maximum absolute atomic E-state index is 14.5. The maximum atomic E-state index is 14.5. The van der Waals surface area contributed by atoms with Crippen LogP contribution in [0, 0.1) is 17.1 Å². The van der Waals surface area contributed by atoms with Crippen molar-refractivity contribution in [3.8, 4) is 6.07 Å². The van der Waals surface area contributed by atoms with Crippen molar-refractivity contribution in [2.24, 2.45) is 0 Å². The summed E-state index contributed by atoms with van der Waals surface area (Å²) in [6.07, 6.45) is 0. The summed E-state index contributed by atoms with van der Waals surface area (Å²) in [4.78, 5) is 0. The highest BCUT2D eigenvalue weighted by molar-refractivity contribution is 9.10. The highest BCUT2D eigenvalue weighted by Crippen LogP contribution is 2.35. The molecule has 0 radical (unpaired) electrons. The monoisotopic (exact) mass is 434 g/mol. The molecule has 0 heterocycles. The van der Waals surface area contributed by atoms with E-state index in [0.717, 1.165) is 4.47 Å². The second-order valence-electron chi connectivity index (χ2n) is 7.35. The average Bonchev–Trinajstić information content (AvgIpc) is 2.47. The first kappa shape index (κ1) is 21.6. The van der Waals surface area contributed by atoms with E-state index in [1.54, 1.807) is 12.1 Å². The number of nitriles is 1. The van der Waals surface area contributed by atoms with Gasteiger partial charge in [-0.3, -0.25) is 0 Å². The van der Waals surface area contributed by atoms with Crippen LogP contribution in [-0.4, -0.2) is 19.5 Å². The Morgan fingerprint density at radius 3 is 2.38 bits per heavy atom. The largest absolute Gasteiger partial charge is 0.242 e. The normalized spacial score (nSPS) is 16.3. The molecule has 0 aliphatic heterocycles. The van der Waals surface area contributed by atoms with Gasteiger partial charge in [-0.25, -0.2) is 13.3 Å². The average molecular weight is 435 g/mol. The minimum absolute atomic E-state index is 0.366. The van der Waals surface area contributed by atoms with Gasteiger partial charge in [0.1, 0.15) is 5.82 Å². The third kappa shape index (κ3) is 5.83. The van der Waals surface area contributed by atoms with Crippen LogP contribution in [0.25, 0.3) is 0 Å². The molecule has 0 amide bonds. The van der Waals surface area contributed by atoms with Gasteiger partial charge in [0, 0.05) is 15.8 Å². The molecule has 0 aliphatic rings. The zero-order valence-electron chi connectivity index (χ0n) is 14.9. The van der Waals surface area contributed by atoms with Crippen LogP contribution in [0.1, 0.15) is 47.1 Å². The maximum Gasteiger partial charge on any atom is 0.128 e. The lowest BCUT2D eigenvalue weighted by Gasteiger charge is -2.35. The number of nitrogens with zero attached hydrogens (tertiary/aromatic N) is 1. The molecule has 0 aromatic heterocycles. The van der Waals surface area contributed by atoms with Gasteiger partial charge in [-0.1, -0.05) is 15.9 Å². The lowest BCUT2D eigenvalue weighted by atomic mass is 9.95. The topological polar surface area (TPSA) is 52.9 Å². The van der Waals surface area contributed by atoms with E-state index in [-0.39, 0.29) is 5.82 Å². The summed E-state index contributed by atoms with van der Waals surface area (Å²) >= 11 is 4.78. The van der Waals surface area contributed by atoms with Crippen molar-refractivity contribution in [2.45, 2.75) is 56.6 Å². The summed E-state index contributed by atoms with van der Waals surface area (Å²) in [5, 5.41) is 9.24. The first-order chi connectivity index (χ1) is 10.8. The minimum atomic E-state index is -1.38. The molecule has 1 aromatic carbocycles. The Labute approximate surface area is 159 Å². The highest BCUT2D eigenvalue weighted by Gasteiger charge is 2.36. The van der Waals surface area contributed by atoms with Gasteiger partial charge in [0.15, 0.2) is 0 Å². The molecule has 0 saturated carbocycles. The lowest BCUT2D eigenvalue weighted by Crippen LogP contribution is -2.48. The molecular weight excluding hydrogens is 411 g/mol. The van der Waals surface area contributed by atoms with Crippen molar-refractivity contribution < 1.29 is 8.60 Å². The van der Waals surface area contributed by atoms with E-state index in [1.807, 2.05) is 41.5 Å². The van der Waals surface area contributed by atoms with Gasteiger partial charge < -0.3 is 0 Å². The molecule has 1 rings (SSSR count). The first-order valence-corrected chi connectivity index (χ1v) is 10.4. The minimum Gasteiger partial charge on any atom is -0.242 e. The molecule has 0 spiro atoms. The predicted molar refractivity (Wildman–Crippen MR) is 105 cm³/mol. The number of thioether (sulfide) groups is 1. The van der Waals surface area contributed by atoms with Gasteiger partial charge in [-0.2, -0.15) is 5.26 Å². The molecule has 1 N–H and O–H groups in total. The van der Waals surface area contributed by atoms with Crippen molar-refractivity contribution in [1.82, 2.24) is 4.72 Å². The smallest absolute Gasteiger partial charge is 0.128 e. The van der Waals surface area contributed by atoms with E-state index in [9.17, 15) is 13.9 Å². The second-order valence-corrected chi connectivity index (χ2v) is 11.8. The molecule has 0 saturated heterocycles. The number of halogens is 2. The quantitative estimate of drug-likeness (QED) is 0.692. The summed E-state index contributed by atoms with van der Waals surface area (Å²) in [6, 6.07) is 6.95. The summed E-state index contributed by atoms with van der Waals surface area (Å²) < 4.78 is 29.9. The Morgan fingerprint density at radius 2 is 1.88 bits per heavy atom. The molecule has 2 unspecified atom stereocenters. The van der Waals surface area contributed by atoms with Gasteiger partial charge in [0.2, 0.25) is 0 Å². The van der Waals surface area contributed by atoms with Crippen LogP contribution in [0.15, 0.2) is 22.7 Å². The zero-order valence-corrected chi connectivity index (χ0v) is 18.1. The number of hydrogen-bond donors (Lipinski definition) is 1. The summed E-state index contributed by atoms with van der Waals surface area (Å²) in [5.74, 6) is 0.0393. The summed E-state index contributed by atoms with van der Waals surface area (Å²) in [6.45, 7) is 11.0. The van der Waals surface area contributed by atoms with Crippen molar-refractivity contribution in [3.63, 3.8) is 0 Å². The van der Waals surface area contributed by atoms with E-state index in [1.165, 1.54) is 17.8 Å². The third-order valence-electron chi connectivity index (χ3n) is 3.39. The molecule has 7 heteroatoms. The molecular formula is C17H24BrFN2OS2. The van der Waals surface area contributed by atoms with E-state index < -0.39 is 26.0 Å². The fourth-order valence-corrected chi connectivity index (χ4v) is 4.09. The van der Waals surface area contributed by atoms with Gasteiger partial charge >= 0.3 is 0 Å².